The molecule has 1 aliphatic rings. The summed E-state index contributed by atoms with van der Waals surface area (Å²) < 4.78 is 77.3. The van der Waals surface area contributed by atoms with Crippen molar-refractivity contribution in [2.75, 3.05) is 12.4 Å². The van der Waals surface area contributed by atoms with Gasteiger partial charge in [0, 0.05) is 4.91 Å². The molecular weight excluding hydrogens is 395 g/mol. The molecule has 4 nitrogen and oxygen atoms in total. The Kier molecular flexibility index (Phi) is 4.95. The molecule has 1 heterocycles. The lowest BCUT2D eigenvalue weighted by atomic mass is 10.0. The van der Waals surface area contributed by atoms with Gasteiger partial charge in [-0.15, -0.1) is 4.91 Å². The Morgan fingerprint density at radius 1 is 1.12 bits per heavy atom. The van der Waals surface area contributed by atoms with Crippen molar-refractivity contribution >= 4 is 27.8 Å². The van der Waals surface area contributed by atoms with Crippen molar-refractivity contribution in [2.24, 2.45) is 4.95 Å². The van der Waals surface area contributed by atoms with Gasteiger partial charge in [0.1, 0.15) is 7.27 Å². The molecule has 1 aliphatic heterocycles. The molecule has 2 rings (SSSR count). The zero-order valence-corrected chi connectivity index (χ0v) is 14.1. The van der Waals surface area contributed by atoms with Gasteiger partial charge in [-0.3, -0.25) is 4.79 Å². The van der Waals surface area contributed by atoms with Crippen LogP contribution in [0.3, 0.4) is 0 Å². The van der Waals surface area contributed by atoms with Gasteiger partial charge >= 0.3 is 18.3 Å². The molecule has 1 N–H and O–H groups in total. The van der Waals surface area contributed by atoms with Crippen LogP contribution >= 0.6 is 16.9 Å². The Balaban J connectivity index is 2.45. The summed E-state index contributed by atoms with van der Waals surface area (Å²) >= 11 is 0. The minimum atomic E-state index is -4.98. The summed E-state index contributed by atoms with van der Waals surface area (Å²) in [6, 6.07) is 1.15. The number of nitroso groups, excluding NO2 is 1. The summed E-state index contributed by atoms with van der Waals surface area (Å²) in [4.78, 5) is 24.6. The van der Waals surface area contributed by atoms with Crippen LogP contribution in [0.25, 0.3) is 4.91 Å². The number of rotatable bonds is 5. The number of carbonyl (C=O) groups is 1. The molecule has 0 amide bonds. The summed E-state index contributed by atoms with van der Waals surface area (Å²) in [5.74, 6) is -1.31. The van der Waals surface area contributed by atoms with E-state index in [1.54, 1.807) is 0 Å². The van der Waals surface area contributed by atoms with Gasteiger partial charge in [-0.2, -0.15) is 36.0 Å². The van der Waals surface area contributed by atoms with Crippen molar-refractivity contribution in [2.45, 2.75) is 12.4 Å². The first-order valence-corrected chi connectivity index (χ1v) is 10.6. The third-order valence-electron chi connectivity index (χ3n) is 3.40. The number of nitrogens with zero attached hydrogens (tertiary/aromatic N) is 1. The summed E-state index contributed by atoms with van der Waals surface area (Å²) in [7, 11) is -4.18. The number of carboxylic acid groups (broad SMARTS) is 1. The first-order valence-electron chi connectivity index (χ1n) is 6.42. The maximum Gasteiger partial charge on any atom is 0.416 e. The second-order valence-corrected chi connectivity index (χ2v) is 12.5. The van der Waals surface area contributed by atoms with Crippen molar-refractivity contribution < 1.29 is 36.2 Å². The number of carboxylic acids is 1. The van der Waals surface area contributed by atoms with E-state index in [9.17, 15) is 36.0 Å². The second kappa shape index (κ2) is 6.28. The summed E-state index contributed by atoms with van der Waals surface area (Å²) in [6.45, 7) is 0. The number of hydrogen-bond donors (Lipinski definition) is 1. The predicted octanol–water partition coefficient (Wildman–Crippen LogP) is 5.63. The van der Waals surface area contributed by atoms with Crippen LogP contribution in [0.1, 0.15) is 16.7 Å². The first kappa shape index (κ1) is 19.7. The van der Waals surface area contributed by atoms with Crippen LogP contribution < -0.4 is 0 Å². The molecule has 2 atom stereocenters. The standard InChI is InChI=1S/C13H10F6NO3PS/c1-25(24(20-23)5-11(21)22)6-10(25)7-2-8(12(14,15)16)4-9(3-7)13(17,18)19/h2-4,6H,5H2,1H3,(H,21,22). The zero-order valence-electron chi connectivity index (χ0n) is 12.4. The normalized spacial score (nSPS) is 24.0. The van der Waals surface area contributed by atoms with E-state index < -0.39 is 52.5 Å². The fraction of sp³-hybridized carbons (Fsp3) is 0.308. The van der Waals surface area contributed by atoms with E-state index in [-0.39, 0.29) is 16.5 Å². The molecule has 0 saturated carbocycles. The van der Waals surface area contributed by atoms with E-state index >= 15 is 0 Å². The number of halogens is 6. The summed E-state index contributed by atoms with van der Waals surface area (Å²) in [5, 5.41) is 10.1. The molecule has 1 aromatic carbocycles. The highest BCUT2D eigenvalue weighted by molar-refractivity contribution is 8.86. The van der Waals surface area contributed by atoms with Gasteiger partial charge in [-0.05, 0) is 40.4 Å². The molecule has 0 spiro atoms. The van der Waals surface area contributed by atoms with Crippen LogP contribution in [0.4, 0.5) is 26.3 Å². The van der Waals surface area contributed by atoms with E-state index in [4.69, 9.17) is 5.11 Å². The molecule has 0 fully saturated rings. The maximum atomic E-state index is 12.9. The Morgan fingerprint density at radius 2 is 1.60 bits per heavy atom. The quantitative estimate of drug-likeness (QED) is 0.392. The molecule has 1 aromatic rings. The van der Waals surface area contributed by atoms with E-state index in [1.807, 2.05) is 0 Å². The van der Waals surface area contributed by atoms with Crippen molar-refractivity contribution in [1.29, 1.82) is 0 Å². The monoisotopic (exact) mass is 405 g/mol. The molecule has 0 saturated heterocycles. The van der Waals surface area contributed by atoms with Gasteiger partial charge < -0.3 is 5.11 Å². The van der Waals surface area contributed by atoms with Crippen molar-refractivity contribution in [3.8, 4) is 0 Å². The van der Waals surface area contributed by atoms with Gasteiger partial charge in [-0.25, -0.2) is 0 Å². The molecule has 25 heavy (non-hydrogen) atoms. The van der Waals surface area contributed by atoms with E-state index in [0.717, 1.165) is 0 Å². The van der Waals surface area contributed by atoms with Crippen LogP contribution in [0.2, 0.25) is 0 Å². The Labute approximate surface area is 139 Å². The average molecular weight is 405 g/mol. The summed E-state index contributed by atoms with van der Waals surface area (Å²) in [6.07, 6.45) is -9.10. The SMILES string of the molecule is CS1(P(CC(=O)O)N=O)C=C1c1cc(C(F)(F)F)cc(C(F)(F)F)c1. The second-order valence-electron chi connectivity index (χ2n) is 5.20. The highest BCUT2D eigenvalue weighted by Crippen LogP contribution is 2.91. The topological polar surface area (TPSA) is 66.7 Å². The van der Waals surface area contributed by atoms with Crippen LogP contribution in [-0.4, -0.2) is 23.5 Å². The third kappa shape index (κ3) is 4.14. The van der Waals surface area contributed by atoms with E-state index in [1.165, 1.54) is 11.7 Å². The van der Waals surface area contributed by atoms with Crippen LogP contribution in [-0.2, 0) is 17.1 Å². The lowest BCUT2D eigenvalue weighted by Gasteiger charge is -2.23. The molecule has 0 bridgehead atoms. The molecule has 2 unspecified atom stereocenters. The van der Waals surface area contributed by atoms with Crippen molar-refractivity contribution in [3.63, 3.8) is 0 Å². The van der Waals surface area contributed by atoms with Gasteiger partial charge in [-0.1, -0.05) is 0 Å². The molecule has 0 aromatic heterocycles. The molecular formula is C13H10F6NO3PS. The third-order valence-corrected chi connectivity index (χ3v) is 10.8. The smallest absolute Gasteiger partial charge is 0.416 e. The largest absolute Gasteiger partial charge is 0.481 e. The Bertz CT molecular complexity index is 731. The van der Waals surface area contributed by atoms with E-state index in [0.29, 0.717) is 12.1 Å². The lowest BCUT2D eigenvalue weighted by molar-refractivity contribution is -0.143. The molecule has 0 aliphatic carbocycles. The molecule has 12 heteroatoms. The fourth-order valence-corrected chi connectivity index (χ4v) is 8.13. The highest BCUT2D eigenvalue weighted by Gasteiger charge is 2.46. The zero-order chi connectivity index (χ0) is 19.2. The number of benzene rings is 1. The molecule has 0 radical (unpaired) electrons. The average Bonchev–Trinajstić information content (AvgIpc) is 3.15. The fourth-order valence-electron chi connectivity index (χ4n) is 2.11. The number of hydrogen-bond acceptors (Lipinski definition) is 3. The Hall–Kier alpha value is -1.61. The Morgan fingerprint density at radius 3 is 1.96 bits per heavy atom. The minimum Gasteiger partial charge on any atom is -0.481 e. The number of aliphatic carboxylic acids is 1. The first-order chi connectivity index (χ1) is 11.3. The van der Waals surface area contributed by atoms with Crippen LogP contribution in [0, 0.1) is 4.91 Å². The number of alkyl halides is 6. The van der Waals surface area contributed by atoms with Crippen molar-refractivity contribution in [3.05, 3.63) is 45.2 Å². The predicted molar refractivity (Wildman–Crippen MR) is 83.2 cm³/mol. The van der Waals surface area contributed by atoms with Gasteiger partial charge in [0.25, 0.3) is 0 Å². The van der Waals surface area contributed by atoms with Gasteiger partial charge in [0.05, 0.1) is 17.3 Å². The van der Waals surface area contributed by atoms with Gasteiger partial charge in [0.2, 0.25) is 0 Å². The lowest BCUT2D eigenvalue weighted by Crippen LogP contribution is -2.11. The highest BCUT2D eigenvalue weighted by atomic mass is 32.8. The maximum absolute atomic E-state index is 12.9. The van der Waals surface area contributed by atoms with Crippen LogP contribution in [0.5, 0.6) is 0 Å². The minimum absolute atomic E-state index is 0.0111. The van der Waals surface area contributed by atoms with Gasteiger partial charge in [0.15, 0.2) is 0 Å². The summed E-state index contributed by atoms with van der Waals surface area (Å²) in [5.41, 5.74) is -3.25. The van der Waals surface area contributed by atoms with Crippen LogP contribution in [0.15, 0.2) is 28.6 Å². The van der Waals surface area contributed by atoms with E-state index in [2.05, 4.69) is 4.95 Å². The molecule has 138 valence electrons. The van der Waals surface area contributed by atoms with Crippen molar-refractivity contribution in [1.82, 2.24) is 0 Å².